The van der Waals surface area contributed by atoms with Gasteiger partial charge in [-0.1, -0.05) is 73.5 Å². The molecule has 0 unspecified atom stereocenters. The molecular formula is C44H57Cl2FN4O5. The van der Waals surface area contributed by atoms with Crippen molar-refractivity contribution in [1.82, 2.24) is 15.5 Å². The van der Waals surface area contributed by atoms with Crippen LogP contribution in [0.25, 0.3) is 0 Å². The van der Waals surface area contributed by atoms with Crippen LogP contribution in [0.2, 0.25) is 10.0 Å². The van der Waals surface area contributed by atoms with Crippen LogP contribution >= 0.6 is 23.2 Å². The molecule has 0 aromatic heterocycles. The lowest BCUT2D eigenvalue weighted by molar-refractivity contribution is -0.155. The number of anilines is 1. The molecule has 3 atom stereocenters. The molecule has 56 heavy (non-hydrogen) atoms. The number of hydrogen-bond acceptors (Lipinski definition) is 6. The van der Waals surface area contributed by atoms with Crippen LogP contribution in [0.15, 0.2) is 36.4 Å². The monoisotopic (exact) mass is 810 g/mol. The molecule has 2 aromatic carbocycles. The number of hydrogen-bond donors (Lipinski definition) is 3. The number of halogens is 3. The molecule has 7 rings (SSSR count). The van der Waals surface area contributed by atoms with Crippen molar-refractivity contribution in [3.63, 3.8) is 0 Å². The zero-order chi connectivity index (χ0) is 39.8. The fourth-order valence-corrected chi connectivity index (χ4v) is 11.1. The number of ether oxygens (including phenoxy) is 1. The first kappa shape index (κ1) is 41.0. The van der Waals surface area contributed by atoms with Gasteiger partial charge in [-0.05, 0) is 114 Å². The van der Waals surface area contributed by atoms with Gasteiger partial charge >= 0.3 is 5.97 Å². The maximum absolute atomic E-state index is 16.2. The molecule has 2 spiro atoms. The Balaban J connectivity index is 1.000. The highest BCUT2D eigenvalue weighted by molar-refractivity contribution is 6.31. The van der Waals surface area contributed by atoms with Gasteiger partial charge < -0.3 is 20.3 Å². The Hall–Kier alpha value is -3.21. The number of rotatable bonds is 9. The maximum Gasteiger partial charge on any atom is 0.306 e. The van der Waals surface area contributed by atoms with Crippen molar-refractivity contribution in [2.75, 3.05) is 18.4 Å². The SMILES string of the molecule is CC(C)(C)OC(=O)CCCCC1CCN(C(=O)C2CCC(NC(=O)[C@@H]3NC4(CCCCC4)[C@@]4(C(=O)Nc5cc(Cl)ccc54)[C@H]3c3cccc(Cl)c3F)CC2)CC1. The molecule has 3 amide bonds. The third-order valence-electron chi connectivity index (χ3n) is 13.3. The second kappa shape index (κ2) is 16.6. The van der Waals surface area contributed by atoms with Crippen LogP contribution in [-0.2, 0) is 29.3 Å². The number of likely N-dealkylation sites (tertiary alicyclic amines) is 1. The van der Waals surface area contributed by atoms with Gasteiger partial charge in [0.1, 0.15) is 16.8 Å². The molecule has 2 saturated carbocycles. The zero-order valence-electron chi connectivity index (χ0n) is 33.0. The second-order valence-electron chi connectivity index (χ2n) is 18.0. The minimum Gasteiger partial charge on any atom is -0.460 e. The largest absolute Gasteiger partial charge is 0.460 e. The summed E-state index contributed by atoms with van der Waals surface area (Å²) in [6, 6.07) is 9.13. The number of unbranched alkanes of at least 4 members (excludes halogenated alkanes) is 1. The summed E-state index contributed by atoms with van der Waals surface area (Å²) in [6.07, 6.45) is 12.0. The highest BCUT2D eigenvalue weighted by Gasteiger charge is 2.72. The van der Waals surface area contributed by atoms with E-state index in [1.807, 2.05) is 31.7 Å². The lowest BCUT2D eigenvalue weighted by Crippen LogP contribution is -2.60. The van der Waals surface area contributed by atoms with Crippen molar-refractivity contribution in [3.8, 4) is 0 Å². The van der Waals surface area contributed by atoms with Crippen molar-refractivity contribution < 1.29 is 28.3 Å². The maximum atomic E-state index is 16.2. The third kappa shape index (κ3) is 7.96. The molecule has 0 bridgehead atoms. The van der Waals surface area contributed by atoms with Crippen molar-refractivity contribution in [2.45, 2.75) is 152 Å². The van der Waals surface area contributed by atoms with E-state index in [-0.39, 0.29) is 46.2 Å². The van der Waals surface area contributed by atoms with Crippen molar-refractivity contribution in [3.05, 3.63) is 63.4 Å². The van der Waals surface area contributed by atoms with E-state index in [0.29, 0.717) is 61.6 Å². The average molecular weight is 812 g/mol. The van der Waals surface area contributed by atoms with E-state index < -0.39 is 34.3 Å². The Bertz CT molecular complexity index is 1810. The van der Waals surface area contributed by atoms with Gasteiger partial charge in [0.15, 0.2) is 0 Å². The highest BCUT2D eigenvalue weighted by Crippen LogP contribution is 2.62. The average Bonchev–Trinajstić information content (AvgIpc) is 3.61. The Kier molecular flexibility index (Phi) is 12.1. The van der Waals surface area contributed by atoms with Crippen LogP contribution in [0, 0.1) is 17.7 Å². The van der Waals surface area contributed by atoms with Gasteiger partial charge in [0.05, 0.1) is 11.1 Å². The molecule has 3 N–H and O–H groups in total. The number of esters is 1. The van der Waals surface area contributed by atoms with Gasteiger partial charge in [-0.25, -0.2) is 4.39 Å². The van der Waals surface area contributed by atoms with Gasteiger partial charge in [-0.2, -0.15) is 0 Å². The Labute approximate surface area is 340 Å². The molecule has 0 radical (unpaired) electrons. The number of piperidine rings is 1. The van der Waals surface area contributed by atoms with Gasteiger partial charge in [0, 0.05) is 53.6 Å². The van der Waals surface area contributed by atoms with Crippen LogP contribution in [0.5, 0.6) is 0 Å². The van der Waals surface area contributed by atoms with Gasteiger partial charge in [0.2, 0.25) is 17.7 Å². The predicted molar refractivity (Wildman–Crippen MR) is 216 cm³/mol. The lowest BCUT2D eigenvalue weighted by atomic mass is 9.55. The number of carbonyl (C=O) groups is 4. The quantitative estimate of drug-likeness (QED) is 0.173. The molecule has 304 valence electrons. The second-order valence-corrected chi connectivity index (χ2v) is 18.8. The summed E-state index contributed by atoms with van der Waals surface area (Å²) >= 11 is 12.8. The molecular weight excluding hydrogens is 754 g/mol. The summed E-state index contributed by atoms with van der Waals surface area (Å²) in [6.45, 7) is 7.17. The normalized spacial score (nSPS) is 27.6. The third-order valence-corrected chi connectivity index (χ3v) is 13.8. The molecule has 2 aromatic rings. The summed E-state index contributed by atoms with van der Waals surface area (Å²) in [5.41, 5.74) is -0.981. The van der Waals surface area contributed by atoms with Crippen LogP contribution < -0.4 is 16.0 Å². The number of fused-ring (bicyclic) bond motifs is 3. The first-order chi connectivity index (χ1) is 26.7. The Morgan fingerprint density at radius 2 is 1.68 bits per heavy atom. The molecule has 12 heteroatoms. The van der Waals surface area contributed by atoms with E-state index >= 15 is 4.39 Å². The summed E-state index contributed by atoms with van der Waals surface area (Å²) in [4.78, 5) is 57.0. The number of nitrogens with zero attached hydrogens (tertiary/aromatic N) is 1. The smallest absolute Gasteiger partial charge is 0.306 e. The van der Waals surface area contributed by atoms with Crippen LogP contribution in [0.1, 0.15) is 134 Å². The Morgan fingerprint density at radius 1 is 0.964 bits per heavy atom. The fraction of sp³-hybridized carbons (Fsp3) is 0.636. The molecule has 3 heterocycles. The molecule has 3 aliphatic heterocycles. The number of nitrogens with one attached hydrogen (secondary N) is 3. The summed E-state index contributed by atoms with van der Waals surface area (Å²) in [7, 11) is 0. The molecule has 9 nitrogen and oxygen atoms in total. The first-order valence-electron chi connectivity index (χ1n) is 20.9. The zero-order valence-corrected chi connectivity index (χ0v) is 34.5. The molecule has 5 aliphatic rings. The van der Waals surface area contributed by atoms with Gasteiger partial charge in [-0.3, -0.25) is 24.5 Å². The van der Waals surface area contributed by atoms with Crippen molar-refractivity contribution in [1.29, 1.82) is 0 Å². The Morgan fingerprint density at radius 3 is 2.38 bits per heavy atom. The number of carbonyl (C=O) groups excluding carboxylic acids is 4. The van der Waals surface area contributed by atoms with Crippen LogP contribution in [-0.4, -0.2) is 64.9 Å². The van der Waals surface area contributed by atoms with Crippen LogP contribution in [0.3, 0.4) is 0 Å². The molecule has 2 aliphatic carbocycles. The van der Waals surface area contributed by atoms with Crippen molar-refractivity contribution in [2.24, 2.45) is 11.8 Å². The lowest BCUT2D eigenvalue weighted by Gasteiger charge is -2.47. The standard InChI is InChI=1S/C44H57Cl2FN4O5/c1-42(2,3)56-35(52)13-6-5-10-27-20-24-51(25-21-27)40(54)28-14-17-30(18-15-28)48-39(53)38-36(31-11-9-12-33(46)37(31)47)44(43(50-38)22-7-4-8-23-43)32-19-16-29(45)26-34(32)49-41(44)55/h9,11-12,16,19,26-28,30,36,38,50H,4-8,10,13-15,17-18,20-25H2,1-3H3,(H,48,53)(H,49,55)/t28?,30?,36-,38+,44+/m0/s1. The predicted octanol–water partition coefficient (Wildman–Crippen LogP) is 8.60. The van der Waals surface area contributed by atoms with Crippen LogP contribution in [0.4, 0.5) is 10.1 Å². The van der Waals surface area contributed by atoms with Gasteiger partial charge in [-0.15, -0.1) is 0 Å². The van der Waals surface area contributed by atoms with E-state index in [1.165, 1.54) is 6.07 Å². The minimum absolute atomic E-state index is 0.0568. The number of benzene rings is 2. The fourth-order valence-electron chi connectivity index (χ4n) is 10.8. The topological polar surface area (TPSA) is 117 Å². The minimum atomic E-state index is -1.28. The van der Waals surface area contributed by atoms with E-state index in [0.717, 1.165) is 70.0 Å². The van der Waals surface area contributed by atoms with E-state index in [9.17, 15) is 19.2 Å². The molecule has 2 saturated heterocycles. The highest BCUT2D eigenvalue weighted by atomic mass is 35.5. The van der Waals surface area contributed by atoms with E-state index in [4.69, 9.17) is 27.9 Å². The summed E-state index contributed by atoms with van der Waals surface area (Å²) in [5.74, 6) is -1.49. The van der Waals surface area contributed by atoms with E-state index in [1.54, 1.807) is 24.3 Å². The first-order valence-corrected chi connectivity index (χ1v) is 21.6. The summed E-state index contributed by atoms with van der Waals surface area (Å²) in [5, 5.41) is 10.5. The summed E-state index contributed by atoms with van der Waals surface area (Å²) < 4.78 is 21.7. The van der Waals surface area contributed by atoms with E-state index in [2.05, 4.69) is 16.0 Å². The molecule has 4 fully saturated rings. The number of amides is 3. The van der Waals surface area contributed by atoms with Gasteiger partial charge in [0.25, 0.3) is 0 Å². The van der Waals surface area contributed by atoms with Crippen molar-refractivity contribution >= 4 is 52.6 Å².